The van der Waals surface area contributed by atoms with Gasteiger partial charge in [-0.05, 0) is 51.0 Å². The lowest BCUT2D eigenvalue weighted by Crippen LogP contribution is -2.43. The molecule has 0 unspecified atom stereocenters. The minimum absolute atomic E-state index is 0.839. The molecule has 1 saturated heterocycles. The highest BCUT2D eigenvalue weighted by Crippen LogP contribution is 2.34. The van der Waals surface area contributed by atoms with Crippen molar-refractivity contribution in [3.63, 3.8) is 0 Å². The zero-order valence-electron chi connectivity index (χ0n) is 21.1. The number of hydrogen-bond donors (Lipinski definition) is 2. The SMILES string of the molecule is CN(C)Cc1cncc(-c2cc3c(-c4cc5c([nH]4)CC=CC=C5N4CCN(C)CC4)n[nH]c3cn2)c1. The Kier molecular flexibility index (Phi) is 5.91. The van der Waals surface area contributed by atoms with E-state index in [1.165, 1.54) is 17.0 Å². The van der Waals surface area contributed by atoms with Gasteiger partial charge in [0.2, 0.25) is 0 Å². The molecule has 0 amide bonds. The van der Waals surface area contributed by atoms with Crippen LogP contribution in [0.1, 0.15) is 16.8 Å². The predicted octanol–water partition coefficient (Wildman–Crippen LogP) is 3.78. The second-order valence-electron chi connectivity index (χ2n) is 10.1. The molecule has 2 aliphatic rings. The molecule has 0 bridgehead atoms. The van der Waals surface area contributed by atoms with E-state index in [2.05, 4.69) is 87.3 Å². The molecule has 8 heteroatoms. The first-order valence-electron chi connectivity index (χ1n) is 12.5. The van der Waals surface area contributed by atoms with E-state index < -0.39 is 0 Å². The van der Waals surface area contributed by atoms with E-state index in [-0.39, 0.29) is 0 Å². The molecule has 184 valence electrons. The quantitative estimate of drug-likeness (QED) is 0.453. The maximum atomic E-state index is 4.70. The van der Waals surface area contributed by atoms with Crippen molar-refractivity contribution in [3.8, 4) is 22.6 Å². The number of rotatable bonds is 5. The zero-order valence-corrected chi connectivity index (χ0v) is 21.1. The summed E-state index contributed by atoms with van der Waals surface area (Å²) < 4.78 is 0. The molecule has 4 aromatic rings. The summed E-state index contributed by atoms with van der Waals surface area (Å²) in [5.74, 6) is 0. The standard InChI is InChI=1S/C28H32N8/c1-34(2)18-19-12-20(16-29-15-19)24-14-22-26(17-30-24)32-33-28(22)25-13-21-23(31-25)6-4-5-7-27(21)36-10-8-35(3)9-11-36/h4-5,7,12-17,31H,6,8-11,18H2,1-3H3,(H,32,33). The summed E-state index contributed by atoms with van der Waals surface area (Å²) in [5, 5.41) is 8.92. The summed E-state index contributed by atoms with van der Waals surface area (Å²) in [7, 11) is 6.32. The number of pyridine rings is 2. The molecule has 4 aromatic heterocycles. The van der Waals surface area contributed by atoms with Crippen molar-refractivity contribution in [1.29, 1.82) is 0 Å². The second-order valence-corrected chi connectivity index (χ2v) is 10.1. The van der Waals surface area contributed by atoms with Gasteiger partial charge in [-0.3, -0.25) is 15.1 Å². The van der Waals surface area contributed by atoms with Crippen molar-refractivity contribution in [3.05, 3.63) is 71.8 Å². The van der Waals surface area contributed by atoms with E-state index in [1.54, 1.807) is 0 Å². The van der Waals surface area contributed by atoms with Crippen molar-refractivity contribution in [2.45, 2.75) is 13.0 Å². The summed E-state index contributed by atoms with van der Waals surface area (Å²) in [6.45, 7) is 5.08. The Morgan fingerprint density at radius 2 is 1.89 bits per heavy atom. The molecule has 0 atom stereocenters. The number of nitrogens with zero attached hydrogens (tertiary/aromatic N) is 6. The van der Waals surface area contributed by atoms with Gasteiger partial charge in [0.05, 0.1) is 23.1 Å². The molecule has 1 aliphatic heterocycles. The molecule has 1 fully saturated rings. The summed E-state index contributed by atoms with van der Waals surface area (Å²) in [5.41, 5.74) is 9.73. The third kappa shape index (κ3) is 4.34. The number of likely N-dealkylation sites (N-methyl/N-ethyl adjacent to an activating group) is 1. The van der Waals surface area contributed by atoms with E-state index >= 15 is 0 Å². The molecule has 1 aliphatic carbocycles. The number of aromatic amines is 2. The summed E-state index contributed by atoms with van der Waals surface area (Å²) in [6.07, 6.45) is 13.2. The molecule has 8 nitrogen and oxygen atoms in total. The average molecular weight is 481 g/mol. The third-order valence-electron chi connectivity index (χ3n) is 7.02. The van der Waals surface area contributed by atoms with Crippen LogP contribution in [0, 0.1) is 0 Å². The van der Waals surface area contributed by atoms with Crippen LogP contribution in [0.2, 0.25) is 0 Å². The topological polar surface area (TPSA) is 80.0 Å². The van der Waals surface area contributed by atoms with Gasteiger partial charge in [0, 0.05) is 79.4 Å². The lowest BCUT2D eigenvalue weighted by molar-refractivity contribution is 0.207. The fourth-order valence-corrected chi connectivity index (χ4v) is 5.13. The first-order chi connectivity index (χ1) is 17.5. The Morgan fingerprint density at radius 3 is 2.72 bits per heavy atom. The number of piperazine rings is 1. The lowest BCUT2D eigenvalue weighted by atomic mass is 10.1. The number of allylic oxidation sites excluding steroid dienone is 3. The number of fused-ring (bicyclic) bond motifs is 2. The van der Waals surface area contributed by atoms with Crippen LogP contribution in [0.4, 0.5) is 0 Å². The molecule has 0 saturated carbocycles. The van der Waals surface area contributed by atoms with Gasteiger partial charge >= 0.3 is 0 Å². The minimum Gasteiger partial charge on any atom is -0.368 e. The molecule has 5 heterocycles. The number of hydrogen-bond acceptors (Lipinski definition) is 6. The highest BCUT2D eigenvalue weighted by Gasteiger charge is 2.23. The summed E-state index contributed by atoms with van der Waals surface area (Å²) in [6, 6.07) is 6.55. The van der Waals surface area contributed by atoms with Crippen molar-refractivity contribution in [1.82, 2.24) is 39.8 Å². The van der Waals surface area contributed by atoms with Gasteiger partial charge in [0.25, 0.3) is 0 Å². The monoisotopic (exact) mass is 480 g/mol. The maximum absolute atomic E-state index is 4.70. The third-order valence-corrected chi connectivity index (χ3v) is 7.02. The molecule has 6 rings (SSSR count). The van der Waals surface area contributed by atoms with Gasteiger partial charge in [0.1, 0.15) is 5.69 Å². The van der Waals surface area contributed by atoms with Gasteiger partial charge in [-0.25, -0.2) is 0 Å². The predicted molar refractivity (Wildman–Crippen MR) is 144 cm³/mol. The zero-order chi connectivity index (χ0) is 24.6. The minimum atomic E-state index is 0.839. The Bertz CT molecular complexity index is 1450. The number of nitrogens with one attached hydrogen (secondary N) is 2. The van der Waals surface area contributed by atoms with E-state index in [9.17, 15) is 0 Å². The van der Waals surface area contributed by atoms with Crippen molar-refractivity contribution < 1.29 is 0 Å². The van der Waals surface area contributed by atoms with Crippen LogP contribution in [0.5, 0.6) is 0 Å². The fourth-order valence-electron chi connectivity index (χ4n) is 5.13. The molecule has 0 spiro atoms. The van der Waals surface area contributed by atoms with E-state index in [4.69, 9.17) is 10.1 Å². The van der Waals surface area contributed by atoms with E-state index in [0.29, 0.717) is 0 Å². The Hall–Kier alpha value is -3.75. The smallest absolute Gasteiger partial charge is 0.116 e. The first kappa shape index (κ1) is 22.7. The summed E-state index contributed by atoms with van der Waals surface area (Å²) >= 11 is 0. The fraction of sp³-hybridized carbons (Fsp3) is 0.321. The molecule has 0 aromatic carbocycles. The Labute approximate surface area is 211 Å². The highest BCUT2D eigenvalue weighted by molar-refractivity contribution is 5.94. The first-order valence-corrected chi connectivity index (χ1v) is 12.5. The Balaban J connectivity index is 1.37. The van der Waals surface area contributed by atoms with Gasteiger partial charge in [0.15, 0.2) is 0 Å². The van der Waals surface area contributed by atoms with Crippen LogP contribution in [0.15, 0.2) is 55.0 Å². The van der Waals surface area contributed by atoms with Crippen LogP contribution in [0.25, 0.3) is 39.2 Å². The van der Waals surface area contributed by atoms with Gasteiger partial charge in [-0.15, -0.1) is 0 Å². The molecular weight excluding hydrogens is 448 g/mol. The van der Waals surface area contributed by atoms with Crippen LogP contribution in [0.3, 0.4) is 0 Å². The van der Waals surface area contributed by atoms with Crippen molar-refractivity contribution >= 4 is 16.6 Å². The molecule has 0 radical (unpaired) electrons. The maximum Gasteiger partial charge on any atom is 0.116 e. The number of H-pyrrole nitrogens is 2. The second kappa shape index (κ2) is 9.37. The van der Waals surface area contributed by atoms with Crippen molar-refractivity contribution in [2.24, 2.45) is 0 Å². The lowest BCUT2D eigenvalue weighted by Gasteiger charge is -2.35. The Morgan fingerprint density at radius 1 is 1.03 bits per heavy atom. The van der Waals surface area contributed by atoms with E-state index in [0.717, 1.165) is 78.3 Å². The van der Waals surface area contributed by atoms with Crippen molar-refractivity contribution in [2.75, 3.05) is 47.3 Å². The highest BCUT2D eigenvalue weighted by atomic mass is 15.3. The van der Waals surface area contributed by atoms with Crippen LogP contribution in [-0.2, 0) is 13.0 Å². The van der Waals surface area contributed by atoms with Crippen LogP contribution >= 0.6 is 0 Å². The normalized spacial score (nSPS) is 16.4. The molecular formula is C28H32N8. The average Bonchev–Trinajstić information content (AvgIpc) is 3.43. The van der Waals surface area contributed by atoms with Crippen LogP contribution in [-0.4, -0.2) is 87.2 Å². The van der Waals surface area contributed by atoms with Gasteiger partial charge in [-0.1, -0.05) is 12.2 Å². The van der Waals surface area contributed by atoms with Gasteiger partial charge < -0.3 is 19.7 Å². The molecule has 2 N–H and O–H groups in total. The van der Waals surface area contributed by atoms with Crippen LogP contribution < -0.4 is 0 Å². The van der Waals surface area contributed by atoms with E-state index in [1.807, 2.05) is 18.6 Å². The summed E-state index contributed by atoms with van der Waals surface area (Å²) in [4.78, 5) is 19.9. The number of aromatic nitrogens is 5. The molecule has 36 heavy (non-hydrogen) atoms. The largest absolute Gasteiger partial charge is 0.368 e. The van der Waals surface area contributed by atoms with Gasteiger partial charge in [-0.2, -0.15) is 5.10 Å².